The molecule has 0 aromatic carbocycles. The van der Waals surface area contributed by atoms with Gasteiger partial charge in [-0.3, -0.25) is 14.4 Å². The third-order valence-corrected chi connectivity index (χ3v) is 14.2. The van der Waals surface area contributed by atoms with Crippen LogP contribution in [0.3, 0.4) is 0 Å². The number of hydrogen-bond acceptors (Lipinski definition) is 4. The smallest absolute Gasteiger partial charge is 0.313 e. The molecule has 0 amide bonds. The number of fused-ring (bicyclic) bond motifs is 7. The Hall–Kier alpha value is -1.36. The van der Waals surface area contributed by atoms with Gasteiger partial charge in [0, 0.05) is 12.3 Å². The molecule has 0 heterocycles. The van der Waals surface area contributed by atoms with Crippen molar-refractivity contribution in [2.45, 2.75) is 112 Å². The van der Waals surface area contributed by atoms with Gasteiger partial charge in [0.1, 0.15) is 11.5 Å². The second kappa shape index (κ2) is 8.82. The van der Waals surface area contributed by atoms with Crippen molar-refractivity contribution in [1.29, 1.82) is 0 Å². The summed E-state index contributed by atoms with van der Waals surface area (Å²) in [6, 6.07) is 0. The van der Waals surface area contributed by atoms with Gasteiger partial charge >= 0.3 is 11.9 Å². The number of hydrogen-bond donors (Lipinski definition) is 1. The number of carbonyl (C=O) groups excluding carboxylic acids is 2. The van der Waals surface area contributed by atoms with Crippen molar-refractivity contribution in [2.75, 3.05) is 0 Å². The molecule has 5 aliphatic rings. The molecule has 0 aromatic rings. The molecule has 0 radical (unpaired) electrons. The van der Waals surface area contributed by atoms with Gasteiger partial charge in [-0.15, -0.1) is 0 Å². The zero-order chi connectivity index (χ0) is 28.1. The largest absolute Gasteiger partial charge is 0.481 e. The van der Waals surface area contributed by atoms with Gasteiger partial charge in [0.2, 0.25) is 5.24 Å². The number of carbonyl (C=O) groups is 3. The van der Waals surface area contributed by atoms with Crippen LogP contribution in [0.4, 0.5) is 0 Å². The summed E-state index contributed by atoms with van der Waals surface area (Å²) in [7, 11) is 0. The van der Waals surface area contributed by atoms with Crippen LogP contribution in [0, 0.1) is 56.7 Å². The van der Waals surface area contributed by atoms with E-state index in [1.807, 2.05) is 6.92 Å². The molecule has 0 aromatic heterocycles. The van der Waals surface area contributed by atoms with E-state index in [1.54, 1.807) is 0 Å². The maximum absolute atomic E-state index is 13.0. The zero-order valence-corrected chi connectivity index (χ0v) is 25.0. The molecule has 0 spiro atoms. The lowest BCUT2D eigenvalue weighted by atomic mass is 9.32. The second-order valence-corrected chi connectivity index (χ2v) is 15.2. The Labute approximate surface area is 233 Å². The lowest BCUT2D eigenvalue weighted by Gasteiger charge is -2.72. The Bertz CT molecular complexity index is 1070. The van der Waals surface area contributed by atoms with Crippen molar-refractivity contribution >= 4 is 28.8 Å². The van der Waals surface area contributed by atoms with Crippen LogP contribution in [0.2, 0.25) is 0 Å². The standard InChI is InChI=1S/C32H47ClO5/c1-18(2)20-10-15-32(26(33)35)17-16-29(5)21(25(20)32)8-9-22-28(4)13-12-24(38-19(3)34)31(7,27(36)37)23(28)11-14-30(22,29)6/h20-25H,1,8-17H2,2-7H3,(H,36,37)/t20-,21+,22+,23+,24+,25+,28+,29+,30+,31-,32-/m0/s1. The van der Waals surface area contributed by atoms with Gasteiger partial charge in [0.15, 0.2) is 0 Å². The van der Waals surface area contributed by atoms with Crippen LogP contribution in [0.15, 0.2) is 12.2 Å². The number of carboxylic acid groups (broad SMARTS) is 1. The Morgan fingerprint density at radius 1 is 0.842 bits per heavy atom. The molecule has 0 aliphatic heterocycles. The molecular weight excluding hydrogens is 500 g/mol. The van der Waals surface area contributed by atoms with Crippen LogP contribution in [0.25, 0.3) is 0 Å². The van der Waals surface area contributed by atoms with Crippen molar-refractivity contribution < 1.29 is 24.2 Å². The Morgan fingerprint density at radius 3 is 2.11 bits per heavy atom. The van der Waals surface area contributed by atoms with Crippen LogP contribution in [-0.4, -0.2) is 28.4 Å². The molecule has 6 heteroatoms. The molecule has 212 valence electrons. The SMILES string of the molecule is C=C(C)[C@@H]1CC[C@]2(C(=O)Cl)CC[C@]3(C)[C@H](CC[C@@H]4[C@@]5(C)CC[C@@H](OC(C)=O)[C@@](C)(C(=O)O)[C@@H]5CC[C@]43C)[C@@H]12. The molecule has 5 fully saturated rings. The average molecular weight is 547 g/mol. The van der Waals surface area contributed by atoms with Gasteiger partial charge in [-0.25, -0.2) is 0 Å². The summed E-state index contributed by atoms with van der Waals surface area (Å²) in [4.78, 5) is 37.8. The molecule has 5 nitrogen and oxygen atoms in total. The third-order valence-electron chi connectivity index (χ3n) is 13.8. The lowest BCUT2D eigenvalue weighted by molar-refractivity contribution is -0.251. The van der Waals surface area contributed by atoms with E-state index in [0.29, 0.717) is 24.2 Å². The Kier molecular flexibility index (Phi) is 6.54. The highest BCUT2D eigenvalue weighted by molar-refractivity contribution is 6.64. The molecule has 38 heavy (non-hydrogen) atoms. The first-order valence-electron chi connectivity index (χ1n) is 14.9. The fraction of sp³-hybridized carbons (Fsp3) is 0.844. The molecule has 1 N–H and O–H groups in total. The van der Waals surface area contributed by atoms with Crippen LogP contribution >= 0.6 is 11.6 Å². The summed E-state index contributed by atoms with van der Waals surface area (Å²) >= 11 is 6.43. The van der Waals surface area contributed by atoms with Gasteiger partial charge in [0.05, 0.1) is 0 Å². The molecule has 0 unspecified atom stereocenters. The number of ether oxygens (including phenoxy) is 1. The molecule has 5 saturated carbocycles. The normalized spacial score (nSPS) is 51.6. The highest BCUT2D eigenvalue weighted by Crippen LogP contribution is 2.77. The average Bonchev–Trinajstić information content (AvgIpc) is 3.22. The van der Waals surface area contributed by atoms with E-state index in [0.717, 1.165) is 57.8 Å². The van der Waals surface area contributed by atoms with Gasteiger partial charge < -0.3 is 9.84 Å². The van der Waals surface area contributed by atoms with Crippen molar-refractivity contribution in [3.05, 3.63) is 12.2 Å². The highest BCUT2D eigenvalue weighted by Gasteiger charge is 2.73. The minimum absolute atomic E-state index is 0.0403. The van der Waals surface area contributed by atoms with Crippen LogP contribution in [-0.2, 0) is 19.1 Å². The predicted octanol–water partition coefficient (Wildman–Crippen LogP) is 7.41. The van der Waals surface area contributed by atoms with Crippen LogP contribution < -0.4 is 0 Å². The van der Waals surface area contributed by atoms with Gasteiger partial charge in [0.25, 0.3) is 0 Å². The number of allylic oxidation sites excluding steroid dienone is 1. The topological polar surface area (TPSA) is 80.7 Å². The number of carboxylic acids is 1. The number of halogens is 1. The van der Waals surface area contributed by atoms with Crippen LogP contribution in [0.1, 0.15) is 106 Å². The van der Waals surface area contributed by atoms with Gasteiger partial charge in [-0.2, -0.15) is 0 Å². The van der Waals surface area contributed by atoms with Crippen molar-refractivity contribution in [2.24, 2.45) is 56.7 Å². The zero-order valence-electron chi connectivity index (χ0n) is 24.2. The van der Waals surface area contributed by atoms with Crippen LogP contribution in [0.5, 0.6) is 0 Å². The summed E-state index contributed by atoms with van der Waals surface area (Å²) in [6.07, 6.45) is 8.47. The summed E-state index contributed by atoms with van der Waals surface area (Å²) in [6.45, 7) is 17.0. The third kappa shape index (κ3) is 3.38. The minimum atomic E-state index is -1.10. The molecule has 0 saturated heterocycles. The maximum atomic E-state index is 13.0. The van der Waals surface area contributed by atoms with Crippen molar-refractivity contribution in [3.63, 3.8) is 0 Å². The van der Waals surface area contributed by atoms with E-state index in [2.05, 4.69) is 34.3 Å². The summed E-state index contributed by atoms with van der Waals surface area (Å²) < 4.78 is 5.67. The first-order valence-corrected chi connectivity index (χ1v) is 15.2. The van der Waals surface area contributed by atoms with Gasteiger partial charge in [-0.05, 0) is 135 Å². The van der Waals surface area contributed by atoms with Crippen molar-refractivity contribution in [3.8, 4) is 0 Å². The number of rotatable bonds is 4. The number of esters is 1. The van der Waals surface area contributed by atoms with E-state index in [1.165, 1.54) is 12.5 Å². The Morgan fingerprint density at radius 2 is 1.53 bits per heavy atom. The van der Waals surface area contributed by atoms with E-state index in [4.69, 9.17) is 16.3 Å². The minimum Gasteiger partial charge on any atom is -0.481 e. The fourth-order valence-corrected chi connectivity index (χ4v) is 12.1. The molecular formula is C32H47ClO5. The first-order chi connectivity index (χ1) is 17.6. The molecule has 0 bridgehead atoms. The second-order valence-electron chi connectivity index (χ2n) is 14.8. The summed E-state index contributed by atoms with van der Waals surface area (Å²) in [5.41, 5.74) is -0.397. The quantitative estimate of drug-likeness (QED) is 0.225. The fourth-order valence-electron chi connectivity index (χ4n) is 11.8. The van der Waals surface area contributed by atoms with E-state index in [9.17, 15) is 19.5 Å². The van der Waals surface area contributed by atoms with E-state index < -0.39 is 28.9 Å². The lowest BCUT2D eigenvalue weighted by Crippen LogP contribution is -2.68. The molecule has 11 atom stereocenters. The summed E-state index contributed by atoms with van der Waals surface area (Å²) in [5, 5.41) is 10.4. The van der Waals surface area contributed by atoms with Crippen molar-refractivity contribution in [1.82, 2.24) is 0 Å². The summed E-state index contributed by atoms with van der Waals surface area (Å²) in [5.74, 6) is 0.0820. The first kappa shape index (κ1) is 28.2. The van der Waals surface area contributed by atoms with E-state index >= 15 is 0 Å². The van der Waals surface area contributed by atoms with Gasteiger partial charge in [-0.1, -0.05) is 32.9 Å². The van der Waals surface area contributed by atoms with E-state index in [-0.39, 0.29) is 33.3 Å². The monoisotopic (exact) mass is 546 g/mol. The highest BCUT2D eigenvalue weighted by atomic mass is 35.5. The molecule has 5 rings (SSSR count). The number of aliphatic carboxylic acids is 1. The Balaban J connectivity index is 1.55. The predicted molar refractivity (Wildman–Crippen MR) is 147 cm³/mol. The molecule has 5 aliphatic carbocycles. The maximum Gasteiger partial charge on any atom is 0.313 e.